The first-order valence-corrected chi connectivity index (χ1v) is 10.2. The number of thiazole rings is 1. The van der Waals surface area contributed by atoms with Crippen LogP contribution in [0.3, 0.4) is 0 Å². The molecule has 0 radical (unpaired) electrons. The Labute approximate surface area is 176 Å². The molecule has 0 saturated carbocycles. The third-order valence-corrected chi connectivity index (χ3v) is 5.79. The van der Waals surface area contributed by atoms with Crippen molar-refractivity contribution in [2.24, 2.45) is 0 Å². The molecule has 1 amide bonds. The lowest BCUT2D eigenvalue weighted by atomic mass is 9.96. The number of aliphatic hydroxyl groups is 1. The molecule has 4 nitrogen and oxygen atoms in total. The number of hydrogen-bond donors (Lipinski definition) is 2. The van der Waals surface area contributed by atoms with Crippen LogP contribution in [0.4, 0.5) is 13.2 Å². The van der Waals surface area contributed by atoms with Crippen LogP contribution in [0.5, 0.6) is 0 Å². The van der Waals surface area contributed by atoms with Crippen LogP contribution in [0.15, 0.2) is 66.0 Å². The van der Waals surface area contributed by atoms with E-state index in [1.165, 1.54) is 12.3 Å². The van der Waals surface area contributed by atoms with E-state index < -0.39 is 35.2 Å². The maximum absolute atomic E-state index is 13.7. The van der Waals surface area contributed by atoms with Crippen molar-refractivity contribution in [3.63, 3.8) is 0 Å². The van der Waals surface area contributed by atoms with E-state index in [9.17, 15) is 23.1 Å². The van der Waals surface area contributed by atoms with Crippen LogP contribution in [0.25, 0.3) is 0 Å². The maximum Gasteiger partial charge on any atom is 0.424 e. The highest BCUT2D eigenvalue weighted by atomic mass is 32.1. The van der Waals surface area contributed by atoms with Crippen LogP contribution in [0.1, 0.15) is 34.3 Å². The van der Waals surface area contributed by atoms with Gasteiger partial charge in [-0.2, -0.15) is 13.2 Å². The molecule has 3 rings (SSSR count). The van der Waals surface area contributed by atoms with Crippen molar-refractivity contribution in [3.8, 4) is 0 Å². The maximum atomic E-state index is 13.7. The first-order chi connectivity index (χ1) is 14.2. The van der Waals surface area contributed by atoms with Crippen molar-refractivity contribution in [1.82, 2.24) is 10.3 Å². The number of hydrogen-bond acceptors (Lipinski definition) is 4. The Morgan fingerprint density at radius 3 is 2.23 bits per heavy atom. The van der Waals surface area contributed by atoms with Gasteiger partial charge < -0.3 is 10.4 Å². The van der Waals surface area contributed by atoms with Gasteiger partial charge in [-0.3, -0.25) is 4.79 Å². The molecule has 2 aromatic carbocycles. The summed E-state index contributed by atoms with van der Waals surface area (Å²) in [6.07, 6.45) is -5.81. The first kappa shape index (κ1) is 22.0. The number of carbonyl (C=O) groups excluding carboxylic acids is 1. The molecular formula is C22H21F3N2O2S. The molecule has 158 valence electrons. The van der Waals surface area contributed by atoms with Gasteiger partial charge in [0, 0.05) is 11.1 Å². The molecule has 0 unspecified atom stereocenters. The van der Waals surface area contributed by atoms with Gasteiger partial charge in [0.1, 0.15) is 5.01 Å². The number of rotatable bonds is 7. The summed E-state index contributed by atoms with van der Waals surface area (Å²) in [4.78, 5) is 16.4. The molecule has 0 bridgehead atoms. The number of nitrogens with one attached hydrogen (secondary N) is 1. The lowest BCUT2D eigenvalue weighted by Gasteiger charge is -2.29. The second kappa shape index (κ2) is 8.97. The van der Waals surface area contributed by atoms with E-state index in [1.54, 1.807) is 24.3 Å². The van der Waals surface area contributed by atoms with E-state index in [0.717, 1.165) is 11.1 Å². The third-order valence-electron chi connectivity index (χ3n) is 4.68. The molecular weight excluding hydrogens is 413 g/mol. The summed E-state index contributed by atoms with van der Waals surface area (Å²) in [5, 5.41) is 14.0. The van der Waals surface area contributed by atoms with E-state index in [4.69, 9.17) is 0 Å². The van der Waals surface area contributed by atoms with Crippen molar-refractivity contribution in [2.75, 3.05) is 0 Å². The van der Waals surface area contributed by atoms with E-state index in [1.807, 2.05) is 36.4 Å². The average molecular weight is 434 g/mol. The van der Waals surface area contributed by atoms with Crippen molar-refractivity contribution in [2.45, 2.75) is 37.6 Å². The normalized spacial score (nSPS) is 14.7. The first-order valence-electron chi connectivity index (χ1n) is 9.29. The lowest BCUT2D eigenvalue weighted by molar-refractivity contribution is -0.267. The van der Waals surface area contributed by atoms with Gasteiger partial charge in [0.2, 0.25) is 11.5 Å². The largest absolute Gasteiger partial charge is 0.424 e. The minimum Gasteiger partial charge on any atom is -0.374 e. The van der Waals surface area contributed by atoms with Gasteiger partial charge >= 0.3 is 6.18 Å². The smallest absolute Gasteiger partial charge is 0.374 e. The molecule has 1 aromatic heterocycles. The Morgan fingerprint density at radius 1 is 1.10 bits per heavy atom. The van der Waals surface area contributed by atoms with Crippen LogP contribution in [0, 0.1) is 6.92 Å². The third kappa shape index (κ3) is 5.06. The SMILES string of the molecule is Cc1csc([C@@](O)(CC(=O)N[C@H](Cc2ccccc2)c2ccccc2)C(F)(F)F)n1. The predicted molar refractivity (Wildman–Crippen MR) is 109 cm³/mol. The second-order valence-electron chi connectivity index (χ2n) is 7.05. The highest BCUT2D eigenvalue weighted by molar-refractivity contribution is 7.09. The number of amides is 1. The molecule has 2 N–H and O–H groups in total. The zero-order valence-electron chi connectivity index (χ0n) is 16.2. The van der Waals surface area contributed by atoms with Crippen molar-refractivity contribution in [3.05, 3.63) is 87.9 Å². The topological polar surface area (TPSA) is 62.2 Å². The zero-order valence-corrected chi connectivity index (χ0v) is 17.0. The molecule has 3 aromatic rings. The van der Waals surface area contributed by atoms with Crippen LogP contribution >= 0.6 is 11.3 Å². The molecule has 0 aliphatic heterocycles. The van der Waals surface area contributed by atoms with Gasteiger partial charge in [0.25, 0.3) is 0 Å². The van der Waals surface area contributed by atoms with E-state index in [-0.39, 0.29) is 0 Å². The van der Waals surface area contributed by atoms with Gasteiger partial charge in [-0.15, -0.1) is 11.3 Å². The van der Waals surface area contributed by atoms with Gasteiger partial charge in [-0.1, -0.05) is 60.7 Å². The Hall–Kier alpha value is -2.71. The molecule has 8 heteroatoms. The Kier molecular flexibility index (Phi) is 6.58. The number of aryl methyl sites for hydroxylation is 1. The fraction of sp³-hybridized carbons (Fsp3) is 0.273. The van der Waals surface area contributed by atoms with Crippen LogP contribution in [-0.2, 0) is 16.8 Å². The summed E-state index contributed by atoms with van der Waals surface area (Å²) >= 11 is 0.682. The van der Waals surface area contributed by atoms with Gasteiger partial charge in [0.05, 0.1) is 12.5 Å². The molecule has 1 heterocycles. The molecule has 0 spiro atoms. The van der Waals surface area contributed by atoms with Crippen molar-refractivity contribution in [1.29, 1.82) is 0 Å². The summed E-state index contributed by atoms with van der Waals surface area (Å²) in [5.41, 5.74) is -1.31. The summed E-state index contributed by atoms with van der Waals surface area (Å²) in [7, 11) is 0. The molecule has 0 aliphatic carbocycles. The quantitative estimate of drug-likeness (QED) is 0.567. The fourth-order valence-electron chi connectivity index (χ4n) is 3.11. The average Bonchev–Trinajstić information content (AvgIpc) is 3.15. The molecule has 0 saturated heterocycles. The zero-order chi connectivity index (χ0) is 21.8. The van der Waals surface area contributed by atoms with Gasteiger partial charge in [0.15, 0.2) is 0 Å². The van der Waals surface area contributed by atoms with E-state index in [2.05, 4.69) is 10.3 Å². The Balaban J connectivity index is 1.84. The van der Waals surface area contributed by atoms with Crippen LogP contribution in [-0.4, -0.2) is 22.2 Å². The second-order valence-corrected chi connectivity index (χ2v) is 7.91. The van der Waals surface area contributed by atoms with E-state index in [0.29, 0.717) is 23.5 Å². The van der Waals surface area contributed by atoms with Crippen molar-refractivity contribution >= 4 is 17.2 Å². The molecule has 0 aliphatic rings. The van der Waals surface area contributed by atoms with E-state index >= 15 is 0 Å². The summed E-state index contributed by atoms with van der Waals surface area (Å²) in [5.74, 6) is -0.910. The summed E-state index contributed by atoms with van der Waals surface area (Å²) in [6, 6.07) is 17.8. The summed E-state index contributed by atoms with van der Waals surface area (Å²) < 4.78 is 41.1. The van der Waals surface area contributed by atoms with Crippen LogP contribution in [0.2, 0.25) is 0 Å². The number of halogens is 3. The Morgan fingerprint density at radius 2 is 1.70 bits per heavy atom. The van der Waals surface area contributed by atoms with Crippen molar-refractivity contribution < 1.29 is 23.1 Å². The van der Waals surface area contributed by atoms with Gasteiger partial charge in [-0.25, -0.2) is 4.98 Å². The number of nitrogens with zero attached hydrogens (tertiary/aromatic N) is 1. The van der Waals surface area contributed by atoms with Gasteiger partial charge in [-0.05, 0) is 24.5 Å². The lowest BCUT2D eigenvalue weighted by Crippen LogP contribution is -2.46. The number of carbonyl (C=O) groups is 1. The minimum atomic E-state index is -5.05. The molecule has 0 fully saturated rings. The number of benzene rings is 2. The van der Waals surface area contributed by atoms with Crippen LogP contribution < -0.4 is 5.32 Å². The predicted octanol–water partition coefficient (Wildman–Crippen LogP) is 4.69. The molecule has 30 heavy (non-hydrogen) atoms. The minimum absolute atomic E-state index is 0.351. The standard InChI is InChI=1S/C22H21F3N2O2S/c1-15-14-30-20(26-15)21(29,22(23,24)25)13-19(28)27-18(17-10-6-3-7-11-17)12-16-8-4-2-5-9-16/h2-11,14,18,29H,12-13H2,1H3,(H,27,28)/t18-,21+/m1/s1. The highest BCUT2D eigenvalue weighted by Gasteiger charge is 2.58. The number of alkyl halides is 3. The number of aromatic nitrogens is 1. The molecule has 2 atom stereocenters. The highest BCUT2D eigenvalue weighted by Crippen LogP contribution is 2.43. The summed E-state index contributed by atoms with van der Waals surface area (Å²) in [6.45, 7) is 1.53. The monoisotopic (exact) mass is 434 g/mol. The fourth-order valence-corrected chi connectivity index (χ4v) is 4.02. The Bertz CT molecular complexity index is 977.